The Morgan fingerprint density at radius 2 is 1.57 bits per heavy atom. The molecule has 5 rings (SSSR count). The number of rotatable bonds is 3. The van der Waals surface area contributed by atoms with Gasteiger partial charge in [0.1, 0.15) is 0 Å². The lowest BCUT2D eigenvalue weighted by Crippen LogP contribution is -2.55. The van der Waals surface area contributed by atoms with Crippen LogP contribution in [0.5, 0.6) is 0 Å². The van der Waals surface area contributed by atoms with Crippen molar-refractivity contribution >= 4 is 0 Å². The molecule has 0 spiro atoms. The zero-order valence-corrected chi connectivity index (χ0v) is 13.6. The fourth-order valence-electron chi connectivity index (χ4n) is 6.03. The highest BCUT2D eigenvalue weighted by atomic mass is 14.7. The van der Waals surface area contributed by atoms with Crippen LogP contribution in [-0.2, 0) is 6.42 Å². The van der Waals surface area contributed by atoms with Crippen molar-refractivity contribution in [3.63, 3.8) is 0 Å². The zero-order valence-electron chi connectivity index (χ0n) is 13.6. The minimum Gasteiger partial charge on any atom is -0.327 e. The molecular formula is C20H29N. The molecule has 1 atom stereocenters. The third kappa shape index (κ3) is 2.34. The highest BCUT2D eigenvalue weighted by Gasteiger charge is 2.53. The summed E-state index contributed by atoms with van der Waals surface area (Å²) in [7, 11) is 0. The van der Waals surface area contributed by atoms with Crippen LogP contribution < -0.4 is 5.73 Å². The maximum Gasteiger partial charge on any atom is 0.0136 e. The van der Waals surface area contributed by atoms with E-state index in [9.17, 15) is 0 Å². The van der Waals surface area contributed by atoms with Gasteiger partial charge in [-0.1, -0.05) is 18.2 Å². The van der Waals surface area contributed by atoms with Gasteiger partial charge in [0.2, 0.25) is 0 Å². The first-order chi connectivity index (χ1) is 10.0. The summed E-state index contributed by atoms with van der Waals surface area (Å²) in [6.07, 6.45) is 9.87. The lowest BCUT2D eigenvalue weighted by atomic mass is 9.47. The molecule has 4 aliphatic carbocycles. The smallest absolute Gasteiger partial charge is 0.0136 e. The van der Waals surface area contributed by atoms with Crippen molar-refractivity contribution in [3.8, 4) is 0 Å². The van der Waals surface area contributed by atoms with Crippen LogP contribution in [0.4, 0.5) is 0 Å². The summed E-state index contributed by atoms with van der Waals surface area (Å²) in [4.78, 5) is 0. The van der Waals surface area contributed by atoms with Crippen molar-refractivity contribution in [3.05, 3.63) is 34.9 Å². The number of aryl methyl sites for hydroxylation is 2. The third-order valence-electron chi connectivity index (χ3n) is 6.90. The molecule has 114 valence electrons. The SMILES string of the molecule is Cc1ccc(CC(N)C23CC4CC(CC(C4)C2)C3)cc1C. The molecule has 0 saturated heterocycles. The minimum atomic E-state index is 0.369. The summed E-state index contributed by atoms with van der Waals surface area (Å²) in [5, 5.41) is 0. The van der Waals surface area contributed by atoms with Crippen LogP contribution in [-0.4, -0.2) is 6.04 Å². The topological polar surface area (TPSA) is 26.0 Å². The van der Waals surface area contributed by atoms with Crippen molar-refractivity contribution in [2.24, 2.45) is 28.9 Å². The molecule has 4 saturated carbocycles. The van der Waals surface area contributed by atoms with E-state index in [0.29, 0.717) is 11.5 Å². The van der Waals surface area contributed by atoms with E-state index >= 15 is 0 Å². The van der Waals surface area contributed by atoms with E-state index in [2.05, 4.69) is 32.0 Å². The van der Waals surface area contributed by atoms with Crippen LogP contribution in [0.2, 0.25) is 0 Å². The van der Waals surface area contributed by atoms with Crippen molar-refractivity contribution in [1.29, 1.82) is 0 Å². The average molecular weight is 283 g/mol. The summed E-state index contributed by atoms with van der Waals surface area (Å²) >= 11 is 0. The first kappa shape index (κ1) is 13.8. The Morgan fingerprint density at radius 1 is 1.00 bits per heavy atom. The van der Waals surface area contributed by atoms with Gasteiger partial charge in [0, 0.05) is 6.04 Å². The van der Waals surface area contributed by atoms with Crippen LogP contribution in [0, 0.1) is 37.0 Å². The fourth-order valence-corrected chi connectivity index (χ4v) is 6.03. The van der Waals surface area contributed by atoms with Gasteiger partial charge in [0.05, 0.1) is 0 Å². The molecule has 4 bridgehead atoms. The Kier molecular flexibility index (Phi) is 3.19. The average Bonchev–Trinajstić information content (AvgIpc) is 2.41. The van der Waals surface area contributed by atoms with E-state index in [1.165, 1.54) is 55.2 Å². The zero-order chi connectivity index (χ0) is 14.6. The maximum atomic E-state index is 6.79. The van der Waals surface area contributed by atoms with Crippen LogP contribution in [0.15, 0.2) is 18.2 Å². The first-order valence-corrected chi connectivity index (χ1v) is 8.86. The normalized spacial score (nSPS) is 38.7. The number of hydrogen-bond donors (Lipinski definition) is 1. The summed E-state index contributed by atoms with van der Waals surface area (Å²) in [6.45, 7) is 4.41. The molecule has 0 radical (unpaired) electrons. The van der Waals surface area contributed by atoms with Gasteiger partial charge in [0.25, 0.3) is 0 Å². The van der Waals surface area contributed by atoms with Gasteiger partial charge in [-0.15, -0.1) is 0 Å². The number of benzene rings is 1. The molecule has 0 amide bonds. The van der Waals surface area contributed by atoms with Crippen LogP contribution >= 0.6 is 0 Å². The summed E-state index contributed by atoms with van der Waals surface area (Å²) < 4.78 is 0. The van der Waals surface area contributed by atoms with Crippen molar-refractivity contribution in [2.75, 3.05) is 0 Å². The molecule has 0 heterocycles. The molecule has 21 heavy (non-hydrogen) atoms. The fraction of sp³-hybridized carbons (Fsp3) is 0.700. The van der Waals surface area contributed by atoms with Crippen LogP contribution in [0.1, 0.15) is 55.2 Å². The van der Waals surface area contributed by atoms with Crippen molar-refractivity contribution in [2.45, 2.75) is 64.8 Å². The Bertz CT molecular complexity index is 509. The molecule has 4 aliphatic rings. The summed E-state index contributed by atoms with van der Waals surface area (Å²) in [5.41, 5.74) is 11.5. The van der Waals surface area contributed by atoms with Crippen molar-refractivity contribution in [1.82, 2.24) is 0 Å². The minimum absolute atomic E-state index is 0.369. The van der Waals surface area contributed by atoms with Gasteiger partial charge in [-0.3, -0.25) is 0 Å². The monoisotopic (exact) mass is 283 g/mol. The second-order valence-electron chi connectivity index (χ2n) is 8.51. The molecule has 4 fully saturated rings. The second-order valence-corrected chi connectivity index (χ2v) is 8.51. The Hall–Kier alpha value is -0.820. The molecule has 1 heteroatoms. The van der Waals surface area contributed by atoms with Crippen LogP contribution in [0.25, 0.3) is 0 Å². The molecule has 1 aromatic carbocycles. The van der Waals surface area contributed by atoms with E-state index in [-0.39, 0.29) is 0 Å². The third-order valence-corrected chi connectivity index (χ3v) is 6.90. The highest BCUT2D eigenvalue weighted by Crippen LogP contribution is 2.61. The van der Waals surface area contributed by atoms with Gasteiger partial charge < -0.3 is 5.73 Å². The molecule has 1 unspecified atom stereocenters. The predicted octanol–water partition coefficient (Wildman–Crippen LogP) is 4.39. The molecule has 0 aliphatic heterocycles. The van der Waals surface area contributed by atoms with Gasteiger partial charge >= 0.3 is 0 Å². The number of hydrogen-bond acceptors (Lipinski definition) is 1. The Morgan fingerprint density at radius 3 is 2.10 bits per heavy atom. The van der Waals surface area contributed by atoms with Gasteiger partial charge in [-0.05, 0) is 98.7 Å². The molecule has 1 aromatic rings. The van der Waals surface area contributed by atoms with Crippen molar-refractivity contribution < 1.29 is 0 Å². The lowest BCUT2D eigenvalue weighted by molar-refractivity contribution is -0.0667. The highest BCUT2D eigenvalue weighted by molar-refractivity contribution is 5.30. The molecule has 2 N–H and O–H groups in total. The maximum absolute atomic E-state index is 6.79. The van der Waals surface area contributed by atoms with Gasteiger partial charge in [-0.25, -0.2) is 0 Å². The van der Waals surface area contributed by atoms with E-state index in [1.807, 2.05) is 0 Å². The summed E-state index contributed by atoms with van der Waals surface area (Å²) in [6, 6.07) is 7.28. The van der Waals surface area contributed by atoms with Gasteiger partial charge in [0.15, 0.2) is 0 Å². The quantitative estimate of drug-likeness (QED) is 0.874. The Labute approximate surface area is 129 Å². The largest absolute Gasteiger partial charge is 0.327 e. The van der Waals surface area contributed by atoms with Crippen LogP contribution in [0.3, 0.4) is 0 Å². The molecule has 0 aromatic heterocycles. The van der Waals surface area contributed by atoms with E-state index in [0.717, 1.165) is 24.2 Å². The standard InChI is InChI=1S/C20H29N/c1-13-3-4-15(5-14(13)2)9-19(21)20-10-16-6-17(11-20)8-18(7-16)12-20/h3-5,16-19H,6-12,21H2,1-2H3. The van der Waals surface area contributed by atoms with E-state index in [4.69, 9.17) is 5.73 Å². The van der Waals surface area contributed by atoms with E-state index < -0.39 is 0 Å². The van der Waals surface area contributed by atoms with E-state index in [1.54, 1.807) is 0 Å². The Balaban J connectivity index is 1.54. The first-order valence-electron chi connectivity index (χ1n) is 8.86. The molecule has 1 nitrogen and oxygen atoms in total. The second kappa shape index (κ2) is 4.84. The van der Waals surface area contributed by atoms with Gasteiger partial charge in [-0.2, -0.15) is 0 Å². The number of nitrogens with two attached hydrogens (primary N) is 1. The lowest BCUT2D eigenvalue weighted by Gasteiger charge is -2.59. The molecular weight excluding hydrogens is 254 g/mol. The summed E-state index contributed by atoms with van der Waals surface area (Å²) in [5.74, 6) is 3.01. The predicted molar refractivity (Wildman–Crippen MR) is 88.2 cm³/mol.